The van der Waals surface area contributed by atoms with Gasteiger partial charge in [-0.25, -0.2) is 5.25 Å². The van der Waals surface area contributed by atoms with Crippen molar-refractivity contribution in [2.45, 2.75) is 20.8 Å². The van der Waals surface area contributed by atoms with Crippen molar-refractivity contribution in [3.05, 3.63) is 0 Å². The molecule has 0 bridgehead atoms. The second-order valence-corrected chi connectivity index (χ2v) is 2.68. The van der Waals surface area contributed by atoms with Gasteiger partial charge in [0.25, 0.3) is 0 Å². The van der Waals surface area contributed by atoms with Crippen molar-refractivity contribution < 1.29 is 51.4 Å². The zero-order valence-corrected chi connectivity index (χ0v) is 9.85. The van der Waals surface area contributed by atoms with Gasteiger partial charge in [0.05, 0.1) is 0 Å². The summed E-state index contributed by atoms with van der Waals surface area (Å²) < 4.78 is 0. The van der Waals surface area contributed by atoms with Crippen molar-refractivity contribution >= 4 is 12.6 Å². The van der Waals surface area contributed by atoms with Crippen LogP contribution in [0.1, 0.15) is 20.8 Å². The fraction of sp³-hybridized carbons (Fsp3) is 0.667. The van der Waals surface area contributed by atoms with E-state index < -0.39 is 0 Å². The van der Waals surface area contributed by atoms with E-state index in [2.05, 4.69) is 23.8 Å². The van der Waals surface area contributed by atoms with Crippen LogP contribution in [-0.2, 0) is 12.6 Å². The quantitative estimate of drug-likeness (QED) is 0.232. The molecule has 0 aliphatic carbocycles. The molecule has 0 fully saturated rings. The molecule has 0 aliphatic heterocycles. The van der Waals surface area contributed by atoms with Crippen molar-refractivity contribution in [2.75, 3.05) is 0 Å². The van der Waals surface area contributed by atoms with E-state index in [-0.39, 0.29) is 56.8 Å². The van der Waals surface area contributed by atoms with E-state index in [1.807, 2.05) is 20.8 Å². The van der Waals surface area contributed by atoms with Crippen molar-refractivity contribution in [1.82, 2.24) is 0 Å². The first-order chi connectivity index (χ1) is 3.06. The van der Waals surface area contributed by atoms with Gasteiger partial charge < -0.3 is 12.6 Å². The Morgan fingerprint density at radius 3 is 1.62 bits per heavy atom. The molecule has 8 heavy (non-hydrogen) atoms. The Bertz CT molecular complexity index is 102. The summed E-state index contributed by atoms with van der Waals surface area (Å²) in [6.45, 7) is 6.10. The maximum Gasteiger partial charge on any atom is 1.00 e. The Labute approximate surface area is 99.6 Å². The SMILES string of the molecule is CC(C)(C)C#C[S-].[K+]. The van der Waals surface area contributed by atoms with E-state index in [9.17, 15) is 0 Å². The maximum absolute atomic E-state index is 4.44. The van der Waals surface area contributed by atoms with Gasteiger partial charge in [-0.2, -0.15) is 0 Å². The molecule has 0 aliphatic rings. The van der Waals surface area contributed by atoms with Gasteiger partial charge in [-0.05, 0) is 20.8 Å². The summed E-state index contributed by atoms with van der Waals surface area (Å²) in [6.07, 6.45) is 0. The molecule has 0 aromatic rings. The van der Waals surface area contributed by atoms with Crippen LogP contribution in [0.25, 0.3) is 0 Å². The fourth-order valence-electron chi connectivity index (χ4n) is 0.153. The molecule has 0 amide bonds. The summed E-state index contributed by atoms with van der Waals surface area (Å²) in [5.74, 6) is 2.85. The molecule has 2 heteroatoms. The molecule has 40 valence electrons. The summed E-state index contributed by atoms with van der Waals surface area (Å²) >= 11 is 4.44. The first-order valence-electron chi connectivity index (χ1n) is 2.20. The largest absolute Gasteiger partial charge is 1.00 e. The molecule has 0 atom stereocenters. The van der Waals surface area contributed by atoms with Crippen LogP contribution < -0.4 is 51.4 Å². The van der Waals surface area contributed by atoms with Crippen molar-refractivity contribution in [3.8, 4) is 11.2 Å². The normalized spacial score (nSPS) is 8.38. The van der Waals surface area contributed by atoms with Crippen molar-refractivity contribution in [1.29, 1.82) is 0 Å². The summed E-state index contributed by atoms with van der Waals surface area (Å²) in [6, 6.07) is 0. The molecular formula is C6H9KS. The van der Waals surface area contributed by atoms with E-state index in [0.29, 0.717) is 0 Å². The molecule has 0 radical (unpaired) electrons. The van der Waals surface area contributed by atoms with Gasteiger partial charge in [0.1, 0.15) is 0 Å². The van der Waals surface area contributed by atoms with Crippen LogP contribution >= 0.6 is 0 Å². The van der Waals surface area contributed by atoms with Crippen LogP contribution in [0, 0.1) is 16.6 Å². The summed E-state index contributed by atoms with van der Waals surface area (Å²) in [4.78, 5) is 0. The summed E-state index contributed by atoms with van der Waals surface area (Å²) in [7, 11) is 0. The van der Waals surface area contributed by atoms with Gasteiger partial charge in [0, 0.05) is 5.41 Å². The van der Waals surface area contributed by atoms with Gasteiger partial charge in [0.2, 0.25) is 0 Å². The topological polar surface area (TPSA) is 0 Å². The van der Waals surface area contributed by atoms with Crippen LogP contribution in [0.3, 0.4) is 0 Å². The van der Waals surface area contributed by atoms with Crippen LogP contribution in [0.5, 0.6) is 0 Å². The minimum atomic E-state index is 0. The van der Waals surface area contributed by atoms with Crippen LogP contribution in [0.15, 0.2) is 0 Å². The first kappa shape index (κ1) is 12.1. The zero-order valence-electron chi connectivity index (χ0n) is 5.91. The molecule has 0 nitrogen and oxygen atoms in total. The van der Waals surface area contributed by atoms with Gasteiger partial charge in [0.15, 0.2) is 0 Å². The minimum Gasteiger partial charge on any atom is -0.725 e. The van der Waals surface area contributed by atoms with E-state index in [4.69, 9.17) is 0 Å². The zero-order chi connectivity index (χ0) is 5.91. The number of hydrogen-bond acceptors (Lipinski definition) is 1. The predicted octanol–water partition coefficient (Wildman–Crippen LogP) is -1.46. The molecule has 0 spiro atoms. The Morgan fingerprint density at radius 2 is 1.62 bits per heavy atom. The third-order valence-corrected chi connectivity index (χ3v) is 0.528. The Kier molecular flexibility index (Phi) is 7.91. The standard InChI is InChI=1S/C6H10S.K/c1-6(2,3)4-5-7;/h7H,1-3H3;/q;+1/p-1. The Balaban J connectivity index is 0. The Morgan fingerprint density at radius 1 is 1.25 bits per heavy atom. The molecule has 0 saturated carbocycles. The molecule has 0 unspecified atom stereocenters. The summed E-state index contributed by atoms with van der Waals surface area (Å²) in [5.41, 5.74) is 0.0851. The molecular weight excluding hydrogens is 143 g/mol. The van der Waals surface area contributed by atoms with E-state index in [0.717, 1.165) is 0 Å². The summed E-state index contributed by atoms with van der Waals surface area (Å²) in [5, 5.41) is 2.44. The number of rotatable bonds is 0. The van der Waals surface area contributed by atoms with E-state index >= 15 is 0 Å². The molecule has 0 N–H and O–H groups in total. The third-order valence-electron chi connectivity index (χ3n) is 0.426. The fourth-order valence-corrected chi connectivity index (χ4v) is 0.459. The monoisotopic (exact) mass is 152 g/mol. The van der Waals surface area contributed by atoms with E-state index in [1.165, 1.54) is 0 Å². The second-order valence-electron chi connectivity index (χ2n) is 2.48. The second kappa shape index (κ2) is 5.22. The molecule has 0 aromatic carbocycles. The van der Waals surface area contributed by atoms with Crippen LogP contribution in [-0.4, -0.2) is 0 Å². The minimum absolute atomic E-state index is 0. The average Bonchev–Trinajstić information content (AvgIpc) is 1.30. The van der Waals surface area contributed by atoms with Gasteiger partial charge in [-0.1, -0.05) is 0 Å². The molecule has 0 saturated heterocycles. The van der Waals surface area contributed by atoms with Crippen LogP contribution in [0.2, 0.25) is 0 Å². The smallest absolute Gasteiger partial charge is 0.725 e. The molecule has 0 rings (SSSR count). The maximum atomic E-state index is 4.44. The van der Waals surface area contributed by atoms with Crippen LogP contribution in [0.4, 0.5) is 0 Å². The van der Waals surface area contributed by atoms with Crippen molar-refractivity contribution in [2.24, 2.45) is 5.41 Å². The van der Waals surface area contributed by atoms with Gasteiger partial charge in [-0.15, -0.1) is 5.92 Å². The van der Waals surface area contributed by atoms with E-state index in [1.54, 1.807) is 0 Å². The molecule has 0 heterocycles. The molecule has 0 aromatic heterocycles. The van der Waals surface area contributed by atoms with Crippen molar-refractivity contribution in [3.63, 3.8) is 0 Å². The third kappa shape index (κ3) is 10.4. The van der Waals surface area contributed by atoms with Gasteiger partial charge >= 0.3 is 51.4 Å². The average molecular weight is 152 g/mol. The Hall–Kier alpha value is 1.42. The predicted molar refractivity (Wildman–Crippen MR) is 34.6 cm³/mol. The number of hydrogen-bond donors (Lipinski definition) is 0. The first-order valence-corrected chi connectivity index (χ1v) is 2.61. The van der Waals surface area contributed by atoms with Gasteiger partial charge in [-0.3, -0.25) is 0 Å².